The van der Waals surface area contributed by atoms with Crippen molar-refractivity contribution in [3.8, 4) is 11.5 Å². The summed E-state index contributed by atoms with van der Waals surface area (Å²) in [6.45, 7) is 2.53. The fourth-order valence-electron chi connectivity index (χ4n) is 3.62. The molecule has 0 aromatic carbocycles. The number of carbonyl (C=O) groups is 1. The molecule has 9 heteroatoms. The van der Waals surface area contributed by atoms with E-state index >= 15 is 0 Å². The third kappa shape index (κ3) is 5.11. The lowest BCUT2D eigenvalue weighted by Gasteiger charge is -2.34. The van der Waals surface area contributed by atoms with Crippen molar-refractivity contribution >= 4 is 6.03 Å². The summed E-state index contributed by atoms with van der Waals surface area (Å²) >= 11 is 0. The fraction of sp³-hybridized carbons (Fsp3) is 0.550. The van der Waals surface area contributed by atoms with E-state index in [4.69, 9.17) is 14.0 Å². The first-order valence-corrected chi connectivity index (χ1v) is 10.00. The van der Waals surface area contributed by atoms with Gasteiger partial charge in [-0.1, -0.05) is 11.2 Å². The van der Waals surface area contributed by atoms with Crippen molar-refractivity contribution < 1.29 is 23.9 Å². The number of ether oxygens (including phenoxy) is 2. The maximum absolute atomic E-state index is 12.3. The Kier molecular flexibility index (Phi) is 6.38. The monoisotopic (exact) mass is 402 g/mol. The molecular formula is C20H26N4O5. The lowest BCUT2D eigenvalue weighted by Crippen LogP contribution is -2.51. The molecule has 2 aliphatic heterocycles. The van der Waals surface area contributed by atoms with Crippen molar-refractivity contribution in [2.75, 3.05) is 32.8 Å². The molecule has 29 heavy (non-hydrogen) atoms. The molecule has 0 unspecified atom stereocenters. The maximum atomic E-state index is 12.3. The predicted octanol–water partition coefficient (Wildman–Crippen LogP) is 1.23. The third-order valence-corrected chi connectivity index (χ3v) is 5.25. The van der Waals surface area contributed by atoms with Crippen LogP contribution in [0.25, 0.3) is 11.5 Å². The number of nitrogens with one attached hydrogen (secondary N) is 1. The summed E-state index contributed by atoms with van der Waals surface area (Å²) in [6.07, 6.45) is 2.49. The van der Waals surface area contributed by atoms with Crippen molar-refractivity contribution in [1.82, 2.24) is 20.4 Å². The van der Waals surface area contributed by atoms with E-state index in [1.165, 1.54) is 0 Å². The van der Waals surface area contributed by atoms with Crippen molar-refractivity contribution in [2.45, 2.75) is 37.6 Å². The van der Waals surface area contributed by atoms with Gasteiger partial charge in [0.2, 0.25) is 0 Å². The number of hydrogen-bond donors (Lipinski definition) is 2. The highest BCUT2D eigenvalue weighted by Gasteiger charge is 2.31. The molecule has 2 fully saturated rings. The van der Waals surface area contributed by atoms with Gasteiger partial charge in [-0.25, -0.2) is 4.79 Å². The van der Waals surface area contributed by atoms with E-state index in [1.54, 1.807) is 11.1 Å². The number of pyridine rings is 1. The number of aromatic nitrogens is 2. The Balaban J connectivity index is 1.29. The van der Waals surface area contributed by atoms with Gasteiger partial charge in [0.1, 0.15) is 11.8 Å². The number of morpholine rings is 1. The van der Waals surface area contributed by atoms with Gasteiger partial charge in [-0.05, 0) is 25.0 Å². The zero-order chi connectivity index (χ0) is 20.1. The highest BCUT2D eigenvalue weighted by molar-refractivity contribution is 5.74. The highest BCUT2D eigenvalue weighted by Crippen LogP contribution is 2.24. The summed E-state index contributed by atoms with van der Waals surface area (Å²) in [7, 11) is 0. The van der Waals surface area contributed by atoms with Gasteiger partial charge in [0.05, 0.1) is 31.1 Å². The molecule has 3 atom stereocenters. The minimum atomic E-state index is -0.599. The minimum Gasteiger partial charge on any atom is -0.390 e. The Labute approximate surface area is 169 Å². The summed E-state index contributed by atoms with van der Waals surface area (Å²) in [6, 6.07) is 7.32. The number of nitrogens with zero attached hydrogens (tertiary/aromatic N) is 3. The van der Waals surface area contributed by atoms with Crippen LogP contribution in [-0.4, -0.2) is 77.3 Å². The van der Waals surface area contributed by atoms with Crippen LogP contribution in [0.5, 0.6) is 0 Å². The first-order valence-electron chi connectivity index (χ1n) is 10.00. The lowest BCUT2D eigenvalue weighted by atomic mass is 9.98. The van der Waals surface area contributed by atoms with E-state index in [1.807, 2.05) is 24.3 Å². The Hall–Kier alpha value is -2.49. The SMILES string of the molecule is O=C(NC[C@H]1O[C@H](Cc2cc(-c3ccccn3)on2)CC[C@@H]1O)N1CCOCC1. The van der Waals surface area contributed by atoms with Gasteiger partial charge in [0.25, 0.3) is 0 Å². The molecule has 2 aliphatic rings. The van der Waals surface area contributed by atoms with Crippen LogP contribution in [0.3, 0.4) is 0 Å². The van der Waals surface area contributed by atoms with Gasteiger partial charge < -0.3 is 29.3 Å². The molecule has 156 valence electrons. The number of urea groups is 1. The van der Waals surface area contributed by atoms with Crippen LogP contribution >= 0.6 is 0 Å². The van der Waals surface area contributed by atoms with Crippen LogP contribution < -0.4 is 5.32 Å². The van der Waals surface area contributed by atoms with Crippen LogP contribution in [0.2, 0.25) is 0 Å². The Morgan fingerprint density at radius 3 is 2.93 bits per heavy atom. The number of carbonyl (C=O) groups excluding carboxylic acids is 1. The summed E-state index contributed by atoms with van der Waals surface area (Å²) < 4.78 is 16.7. The van der Waals surface area contributed by atoms with Gasteiger partial charge in [-0.2, -0.15) is 0 Å². The van der Waals surface area contributed by atoms with Crippen molar-refractivity contribution in [3.05, 3.63) is 36.2 Å². The zero-order valence-corrected chi connectivity index (χ0v) is 16.2. The molecule has 9 nitrogen and oxygen atoms in total. The molecule has 2 saturated heterocycles. The van der Waals surface area contributed by atoms with Gasteiger partial charge in [0, 0.05) is 38.3 Å². The van der Waals surface area contributed by atoms with Crippen LogP contribution in [-0.2, 0) is 15.9 Å². The van der Waals surface area contributed by atoms with Crippen molar-refractivity contribution in [1.29, 1.82) is 0 Å². The minimum absolute atomic E-state index is 0.0922. The average Bonchev–Trinajstić information content (AvgIpc) is 3.23. The molecule has 0 aliphatic carbocycles. The molecule has 2 aromatic rings. The molecule has 2 N–H and O–H groups in total. The number of amides is 2. The molecule has 2 amide bonds. The van der Waals surface area contributed by atoms with Crippen LogP contribution in [0.15, 0.2) is 35.0 Å². The second-order valence-electron chi connectivity index (χ2n) is 7.33. The molecule has 4 rings (SSSR count). The molecule has 4 heterocycles. The number of hydrogen-bond acceptors (Lipinski definition) is 7. The lowest BCUT2D eigenvalue weighted by molar-refractivity contribution is -0.114. The molecule has 2 aromatic heterocycles. The van der Waals surface area contributed by atoms with Crippen LogP contribution in [0.4, 0.5) is 4.79 Å². The standard InChI is InChI=1S/C20H26N4O5/c25-17-5-4-15(11-14-12-18(29-23-14)16-3-1-2-6-21-16)28-19(17)13-22-20(26)24-7-9-27-10-8-24/h1-3,6,12,15,17,19,25H,4-5,7-11,13H2,(H,22,26)/t15-,17-,19+/m0/s1. The fourth-order valence-corrected chi connectivity index (χ4v) is 3.62. The van der Waals surface area contributed by atoms with Crippen molar-refractivity contribution in [3.63, 3.8) is 0 Å². The largest absolute Gasteiger partial charge is 0.390 e. The summed E-state index contributed by atoms with van der Waals surface area (Å²) in [4.78, 5) is 18.2. The first-order chi connectivity index (χ1) is 14.2. The molecule has 0 bridgehead atoms. The van der Waals surface area contributed by atoms with E-state index in [9.17, 15) is 9.90 Å². The van der Waals surface area contributed by atoms with Gasteiger partial charge in [-0.15, -0.1) is 0 Å². The normalized spacial score (nSPS) is 25.0. The zero-order valence-electron chi connectivity index (χ0n) is 16.2. The molecule has 0 spiro atoms. The number of rotatable bonds is 5. The smallest absolute Gasteiger partial charge is 0.317 e. The third-order valence-electron chi connectivity index (χ3n) is 5.25. The van der Waals surface area contributed by atoms with Gasteiger partial charge in [-0.3, -0.25) is 4.98 Å². The molecular weight excluding hydrogens is 376 g/mol. The Bertz CT molecular complexity index is 793. The van der Waals surface area contributed by atoms with Gasteiger partial charge >= 0.3 is 6.03 Å². The summed E-state index contributed by atoms with van der Waals surface area (Å²) in [5.41, 5.74) is 1.51. The van der Waals surface area contributed by atoms with Crippen LogP contribution in [0, 0.1) is 0 Å². The quantitative estimate of drug-likeness (QED) is 0.774. The summed E-state index contributed by atoms with van der Waals surface area (Å²) in [5, 5.41) is 17.3. The van der Waals surface area contributed by atoms with Crippen LogP contribution in [0.1, 0.15) is 18.5 Å². The maximum Gasteiger partial charge on any atom is 0.317 e. The van der Waals surface area contributed by atoms with Gasteiger partial charge in [0.15, 0.2) is 5.76 Å². The van der Waals surface area contributed by atoms with E-state index in [0.29, 0.717) is 44.9 Å². The predicted molar refractivity (Wildman–Crippen MR) is 103 cm³/mol. The number of aliphatic hydroxyl groups excluding tert-OH is 1. The second-order valence-corrected chi connectivity index (χ2v) is 7.33. The molecule has 0 saturated carbocycles. The second kappa shape index (κ2) is 9.34. The topological polar surface area (TPSA) is 110 Å². The number of aliphatic hydroxyl groups is 1. The Morgan fingerprint density at radius 2 is 2.14 bits per heavy atom. The van der Waals surface area contributed by atoms with E-state index < -0.39 is 12.2 Å². The highest BCUT2D eigenvalue weighted by atomic mass is 16.5. The van der Waals surface area contributed by atoms with E-state index in [2.05, 4.69) is 15.5 Å². The Morgan fingerprint density at radius 1 is 1.28 bits per heavy atom. The van der Waals surface area contributed by atoms with Crippen molar-refractivity contribution in [2.24, 2.45) is 0 Å². The first kappa shape index (κ1) is 19.8. The average molecular weight is 402 g/mol. The van der Waals surface area contributed by atoms with E-state index in [0.717, 1.165) is 17.8 Å². The summed E-state index contributed by atoms with van der Waals surface area (Å²) in [5.74, 6) is 0.616. The van der Waals surface area contributed by atoms with E-state index in [-0.39, 0.29) is 18.7 Å². The molecule has 0 radical (unpaired) electrons.